The molecule has 0 aliphatic heterocycles. The standard InChI is InChI=1S/C13H16N2O/c14-10-13(6-2-1-3-7-13)12(16)11-4-8-15-9-5-11/h4-5,8-9,12,16H,1-3,6-7H2. The number of nitrogens with zero attached hydrogens (tertiary/aromatic N) is 2. The van der Waals surface area contributed by atoms with Gasteiger partial charge in [0.05, 0.1) is 17.6 Å². The number of nitriles is 1. The van der Waals surface area contributed by atoms with Gasteiger partial charge in [-0.3, -0.25) is 4.98 Å². The summed E-state index contributed by atoms with van der Waals surface area (Å²) in [6, 6.07) is 5.93. The highest BCUT2D eigenvalue weighted by Gasteiger charge is 2.40. The Labute approximate surface area is 95.8 Å². The first-order chi connectivity index (χ1) is 7.78. The van der Waals surface area contributed by atoms with Crippen molar-refractivity contribution in [2.75, 3.05) is 0 Å². The maximum Gasteiger partial charge on any atom is 0.0977 e. The molecular formula is C13H16N2O. The molecule has 16 heavy (non-hydrogen) atoms. The number of aliphatic hydroxyl groups is 1. The molecule has 3 heteroatoms. The van der Waals surface area contributed by atoms with E-state index in [1.165, 1.54) is 6.42 Å². The molecule has 3 nitrogen and oxygen atoms in total. The summed E-state index contributed by atoms with van der Waals surface area (Å²) >= 11 is 0. The number of aromatic nitrogens is 1. The van der Waals surface area contributed by atoms with E-state index in [0.29, 0.717) is 0 Å². The van der Waals surface area contributed by atoms with Crippen molar-refractivity contribution in [3.8, 4) is 6.07 Å². The summed E-state index contributed by atoms with van der Waals surface area (Å²) in [7, 11) is 0. The van der Waals surface area contributed by atoms with Gasteiger partial charge >= 0.3 is 0 Å². The molecule has 1 aromatic heterocycles. The van der Waals surface area contributed by atoms with Crippen LogP contribution >= 0.6 is 0 Å². The van der Waals surface area contributed by atoms with E-state index in [0.717, 1.165) is 31.2 Å². The number of rotatable bonds is 2. The SMILES string of the molecule is N#CC1(C(O)c2ccncc2)CCCCC1. The lowest BCUT2D eigenvalue weighted by Crippen LogP contribution is -2.30. The Kier molecular flexibility index (Phi) is 3.21. The van der Waals surface area contributed by atoms with Crippen LogP contribution in [0.15, 0.2) is 24.5 Å². The summed E-state index contributed by atoms with van der Waals surface area (Å²) < 4.78 is 0. The van der Waals surface area contributed by atoms with Gasteiger partial charge in [-0.15, -0.1) is 0 Å². The molecule has 0 amide bonds. The van der Waals surface area contributed by atoms with Crippen molar-refractivity contribution >= 4 is 0 Å². The monoisotopic (exact) mass is 216 g/mol. The lowest BCUT2D eigenvalue weighted by molar-refractivity contribution is 0.0359. The molecule has 0 bridgehead atoms. The molecule has 1 N–H and O–H groups in total. The zero-order valence-electron chi connectivity index (χ0n) is 9.26. The summed E-state index contributed by atoms with van der Waals surface area (Å²) in [6.45, 7) is 0. The zero-order valence-corrected chi connectivity index (χ0v) is 9.26. The van der Waals surface area contributed by atoms with E-state index in [1.54, 1.807) is 24.5 Å². The van der Waals surface area contributed by atoms with Crippen LogP contribution in [-0.4, -0.2) is 10.1 Å². The molecule has 1 heterocycles. The Morgan fingerprint density at radius 1 is 1.25 bits per heavy atom. The largest absolute Gasteiger partial charge is 0.387 e. The highest BCUT2D eigenvalue weighted by Crippen LogP contribution is 2.45. The summed E-state index contributed by atoms with van der Waals surface area (Å²) in [5.74, 6) is 0. The molecule has 0 radical (unpaired) electrons. The Morgan fingerprint density at radius 2 is 1.88 bits per heavy atom. The van der Waals surface area contributed by atoms with Gasteiger partial charge in [-0.25, -0.2) is 0 Å². The molecule has 1 aliphatic carbocycles. The van der Waals surface area contributed by atoms with Gasteiger partial charge in [0.2, 0.25) is 0 Å². The molecule has 1 atom stereocenters. The molecule has 1 unspecified atom stereocenters. The minimum Gasteiger partial charge on any atom is -0.387 e. The minimum atomic E-state index is -0.680. The van der Waals surface area contributed by atoms with Crippen molar-refractivity contribution in [3.05, 3.63) is 30.1 Å². The molecule has 1 aliphatic rings. The second-order valence-electron chi connectivity index (χ2n) is 4.51. The van der Waals surface area contributed by atoms with Crippen molar-refractivity contribution in [2.24, 2.45) is 5.41 Å². The number of hydrogen-bond acceptors (Lipinski definition) is 3. The normalized spacial score (nSPS) is 21.0. The van der Waals surface area contributed by atoms with E-state index < -0.39 is 11.5 Å². The summed E-state index contributed by atoms with van der Waals surface area (Å²) in [5, 5.41) is 19.7. The van der Waals surface area contributed by atoms with Crippen LogP contribution in [0.4, 0.5) is 0 Å². The van der Waals surface area contributed by atoms with Gasteiger partial charge in [0.15, 0.2) is 0 Å². The average Bonchev–Trinajstić information content (AvgIpc) is 2.39. The molecule has 84 valence electrons. The number of aliphatic hydroxyl groups excluding tert-OH is 1. The Hall–Kier alpha value is -1.40. The molecule has 0 aromatic carbocycles. The topological polar surface area (TPSA) is 56.9 Å². The second kappa shape index (κ2) is 4.63. The van der Waals surface area contributed by atoms with E-state index in [4.69, 9.17) is 0 Å². The maximum absolute atomic E-state index is 10.3. The van der Waals surface area contributed by atoms with Crippen molar-refractivity contribution in [1.29, 1.82) is 5.26 Å². The third-order valence-corrected chi connectivity index (χ3v) is 3.51. The van der Waals surface area contributed by atoms with Crippen LogP contribution in [0.25, 0.3) is 0 Å². The molecular weight excluding hydrogens is 200 g/mol. The molecule has 1 saturated carbocycles. The summed E-state index contributed by atoms with van der Waals surface area (Å²) in [4.78, 5) is 3.93. The lowest BCUT2D eigenvalue weighted by Gasteiger charge is -2.35. The predicted molar refractivity (Wildman–Crippen MR) is 60.3 cm³/mol. The second-order valence-corrected chi connectivity index (χ2v) is 4.51. The fraction of sp³-hybridized carbons (Fsp3) is 0.538. The summed E-state index contributed by atoms with van der Waals surface area (Å²) in [5.41, 5.74) is 0.220. The molecule has 0 saturated heterocycles. The van der Waals surface area contributed by atoms with Crippen molar-refractivity contribution in [2.45, 2.75) is 38.2 Å². The molecule has 1 fully saturated rings. The molecule has 2 rings (SSSR count). The van der Waals surface area contributed by atoms with Crippen LogP contribution < -0.4 is 0 Å². The molecule has 1 aromatic rings. The van der Waals surface area contributed by atoms with Gasteiger partial charge in [-0.1, -0.05) is 19.3 Å². The average molecular weight is 216 g/mol. The van der Waals surface area contributed by atoms with Crippen LogP contribution in [-0.2, 0) is 0 Å². The van der Waals surface area contributed by atoms with Crippen LogP contribution in [0.5, 0.6) is 0 Å². The van der Waals surface area contributed by atoms with Crippen LogP contribution in [0.2, 0.25) is 0 Å². The Bertz CT molecular complexity index is 377. The first-order valence-corrected chi connectivity index (χ1v) is 5.78. The zero-order chi connectivity index (χ0) is 11.4. The quantitative estimate of drug-likeness (QED) is 0.826. The van der Waals surface area contributed by atoms with Gasteiger partial charge in [0.1, 0.15) is 0 Å². The van der Waals surface area contributed by atoms with Gasteiger partial charge < -0.3 is 5.11 Å². The number of pyridine rings is 1. The highest BCUT2D eigenvalue weighted by atomic mass is 16.3. The van der Waals surface area contributed by atoms with Crippen LogP contribution in [0.3, 0.4) is 0 Å². The van der Waals surface area contributed by atoms with Crippen LogP contribution in [0, 0.1) is 16.7 Å². The fourth-order valence-corrected chi connectivity index (χ4v) is 2.49. The van der Waals surface area contributed by atoms with Gasteiger partial charge in [-0.2, -0.15) is 5.26 Å². The third-order valence-electron chi connectivity index (χ3n) is 3.51. The lowest BCUT2D eigenvalue weighted by atomic mass is 9.69. The minimum absolute atomic E-state index is 0.584. The van der Waals surface area contributed by atoms with Crippen molar-refractivity contribution in [3.63, 3.8) is 0 Å². The van der Waals surface area contributed by atoms with E-state index in [2.05, 4.69) is 11.1 Å². The Balaban J connectivity index is 2.25. The van der Waals surface area contributed by atoms with Crippen molar-refractivity contribution < 1.29 is 5.11 Å². The Morgan fingerprint density at radius 3 is 2.44 bits per heavy atom. The molecule has 0 spiro atoms. The first-order valence-electron chi connectivity index (χ1n) is 5.78. The first kappa shape index (κ1) is 11.1. The summed E-state index contributed by atoms with van der Waals surface area (Å²) in [6.07, 6.45) is 7.48. The van der Waals surface area contributed by atoms with Gasteiger partial charge in [-0.05, 0) is 30.5 Å². The number of hydrogen-bond donors (Lipinski definition) is 1. The maximum atomic E-state index is 10.3. The fourth-order valence-electron chi connectivity index (χ4n) is 2.49. The van der Waals surface area contributed by atoms with Crippen molar-refractivity contribution in [1.82, 2.24) is 4.98 Å². The van der Waals surface area contributed by atoms with E-state index >= 15 is 0 Å². The van der Waals surface area contributed by atoms with Gasteiger partial charge in [0.25, 0.3) is 0 Å². The van der Waals surface area contributed by atoms with Crippen LogP contribution in [0.1, 0.15) is 43.8 Å². The third kappa shape index (κ3) is 1.94. The van der Waals surface area contributed by atoms with E-state index in [-0.39, 0.29) is 0 Å². The highest BCUT2D eigenvalue weighted by molar-refractivity contribution is 5.20. The van der Waals surface area contributed by atoms with E-state index in [1.807, 2.05) is 0 Å². The smallest absolute Gasteiger partial charge is 0.0977 e. The van der Waals surface area contributed by atoms with E-state index in [9.17, 15) is 10.4 Å². The predicted octanol–water partition coefficient (Wildman–Crippen LogP) is 2.59. The van der Waals surface area contributed by atoms with Gasteiger partial charge in [0, 0.05) is 12.4 Å².